The van der Waals surface area contributed by atoms with Crippen LogP contribution >= 0.6 is 0 Å². The van der Waals surface area contributed by atoms with Gasteiger partial charge in [-0.1, -0.05) is 0 Å². The van der Waals surface area contributed by atoms with E-state index in [9.17, 15) is 10.1 Å². The van der Waals surface area contributed by atoms with Gasteiger partial charge in [-0.2, -0.15) is 10.4 Å². The molecule has 1 N–H and O–H groups in total. The first-order valence-corrected chi connectivity index (χ1v) is 9.88. The van der Waals surface area contributed by atoms with Crippen LogP contribution < -0.4 is 5.32 Å². The van der Waals surface area contributed by atoms with Crippen LogP contribution in [0, 0.1) is 28.6 Å². The number of carbonyl (C=O) groups is 1. The second-order valence-corrected chi connectivity index (χ2v) is 9.06. The minimum Gasteiger partial charge on any atom is -0.326 e. The summed E-state index contributed by atoms with van der Waals surface area (Å²) in [5, 5.41) is 17.3. The molecule has 1 aliphatic heterocycles. The van der Waals surface area contributed by atoms with Crippen molar-refractivity contribution in [1.82, 2.24) is 25.0 Å². The van der Waals surface area contributed by atoms with Gasteiger partial charge in [0.1, 0.15) is 18.7 Å². The molecule has 4 saturated carbocycles. The van der Waals surface area contributed by atoms with Crippen LogP contribution in [0.3, 0.4) is 0 Å². The van der Waals surface area contributed by atoms with E-state index >= 15 is 0 Å². The van der Waals surface area contributed by atoms with E-state index < -0.39 is 0 Å². The summed E-state index contributed by atoms with van der Waals surface area (Å²) >= 11 is 0. The van der Waals surface area contributed by atoms with E-state index in [0.717, 1.165) is 38.3 Å². The van der Waals surface area contributed by atoms with Crippen LogP contribution in [-0.4, -0.2) is 50.2 Å². The number of amides is 1. The van der Waals surface area contributed by atoms with Gasteiger partial charge in [0.05, 0.1) is 12.6 Å². The van der Waals surface area contributed by atoms with E-state index in [1.807, 2.05) is 11.0 Å². The van der Waals surface area contributed by atoms with Gasteiger partial charge in [0.15, 0.2) is 0 Å². The number of hydrogen-bond acceptors (Lipinski definition) is 5. The van der Waals surface area contributed by atoms with E-state index in [0.29, 0.717) is 17.9 Å². The quantitative estimate of drug-likeness (QED) is 0.862. The molecule has 0 radical (unpaired) electrons. The normalized spacial score (nSPS) is 40.3. The van der Waals surface area contributed by atoms with Crippen LogP contribution in [0.25, 0.3) is 0 Å². The molecule has 1 aromatic heterocycles. The van der Waals surface area contributed by atoms with Gasteiger partial charge in [-0.25, -0.2) is 4.98 Å². The fourth-order valence-corrected chi connectivity index (χ4v) is 6.75. The van der Waals surface area contributed by atoms with E-state index in [2.05, 4.69) is 21.5 Å². The fourth-order valence-electron chi connectivity index (χ4n) is 6.75. The second-order valence-electron chi connectivity index (χ2n) is 9.06. The van der Waals surface area contributed by atoms with Gasteiger partial charge in [-0.15, -0.1) is 0 Å². The third-order valence-electron chi connectivity index (χ3n) is 7.42. The lowest BCUT2D eigenvalue weighted by atomic mass is 9.68. The van der Waals surface area contributed by atoms with Crippen molar-refractivity contribution in [2.24, 2.45) is 17.3 Å². The largest absolute Gasteiger partial charge is 0.326 e. The SMILES string of the molecule is N#C[C@@H]1CCCN1C(=O)CNC12CC3CC1CC(Cn1cncn1)(C3)C2. The van der Waals surface area contributed by atoms with Crippen molar-refractivity contribution in [3.05, 3.63) is 12.7 Å². The second kappa shape index (κ2) is 5.78. The molecule has 0 spiro atoms. The summed E-state index contributed by atoms with van der Waals surface area (Å²) in [6.07, 6.45) is 11.3. The number of hydrogen-bond donors (Lipinski definition) is 1. The predicted molar refractivity (Wildman–Crippen MR) is 93.6 cm³/mol. The Morgan fingerprint density at radius 1 is 1.38 bits per heavy atom. The number of aromatic nitrogens is 3. The molecule has 5 aliphatic rings. The Bertz CT molecular complexity index is 742. The minimum absolute atomic E-state index is 0.0972. The lowest BCUT2D eigenvalue weighted by Gasteiger charge is -2.41. The average Bonchev–Trinajstić information content (AvgIpc) is 3.36. The highest BCUT2D eigenvalue weighted by atomic mass is 16.2. The molecule has 5 fully saturated rings. The number of likely N-dealkylation sites (tertiary alicyclic amines) is 1. The van der Waals surface area contributed by atoms with Crippen molar-refractivity contribution in [3.8, 4) is 6.07 Å². The Morgan fingerprint density at radius 2 is 2.31 bits per heavy atom. The molecule has 6 rings (SSSR count). The third kappa shape index (κ3) is 2.46. The Labute approximate surface area is 153 Å². The summed E-state index contributed by atoms with van der Waals surface area (Å²) in [5.41, 5.74) is 0.416. The first-order chi connectivity index (χ1) is 12.6. The zero-order valence-corrected chi connectivity index (χ0v) is 15.1. The molecule has 2 heterocycles. The molecule has 26 heavy (non-hydrogen) atoms. The topological polar surface area (TPSA) is 86.8 Å². The first-order valence-electron chi connectivity index (χ1n) is 9.88. The summed E-state index contributed by atoms with van der Waals surface area (Å²) in [5.74, 6) is 1.54. The Morgan fingerprint density at radius 3 is 3.12 bits per heavy atom. The van der Waals surface area contributed by atoms with Gasteiger partial charge in [0, 0.05) is 18.6 Å². The summed E-state index contributed by atoms with van der Waals surface area (Å²) in [6, 6.07) is 2.05. The summed E-state index contributed by atoms with van der Waals surface area (Å²) < 4.78 is 1.98. The van der Waals surface area contributed by atoms with Crippen molar-refractivity contribution in [2.75, 3.05) is 13.1 Å². The van der Waals surface area contributed by atoms with Gasteiger partial charge in [0.2, 0.25) is 5.91 Å². The maximum Gasteiger partial charge on any atom is 0.237 e. The number of nitriles is 1. The highest BCUT2D eigenvalue weighted by Gasteiger charge is 2.63. The van der Waals surface area contributed by atoms with Crippen molar-refractivity contribution < 1.29 is 4.79 Å². The fraction of sp³-hybridized carbons (Fsp3) is 0.789. The zero-order chi connectivity index (χ0) is 17.8. The maximum atomic E-state index is 12.7. The van der Waals surface area contributed by atoms with Gasteiger partial charge in [-0.05, 0) is 62.2 Å². The number of nitrogens with one attached hydrogen (secondary N) is 1. The molecule has 7 nitrogen and oxygen atoms in total. The number of nitrogens with zero attached hydrogens (tertiary/aromatic N) is 5. The first kappa shape index (κ1) is 16.2. The molecule has 1 amide bonds. The van der Waals surface area contributed by atoms with Crippen molar-refractivity contribution in [3.63, 3.8) is 0 Å². The summed E-state index contributed by atoms with van der Waals surface area (Å²) in [6.45, 7) is 2.05. The molecular formula is C19H26N6O. The van der Waals surface area contributed by atoms with Gasteiger partial charge >= 0.3 is 0 Å². The molecule has 4 unspecified atom stereocenters. The van der Waals surface area contributed by atoms with Crippen LogP contribution in [-0.2, 0) is 11.3 Å². The van der Waals surface area contributed by atoms with Crippen molar-refractivity contribution >= 4 is 5.91 Å². The monoisotopic (exact) mass is 354 g/mol. The molecule has 5 atom stereocenters. The van der Waals surface area contributed by atoms with Crippen LogP contribution in [0.1, 0.15) is 44.9 Å². The van der Waals surface area contributed by atoms with E-state index in [-0.39, 0.29) is 17.5 Å². The molecule has 1 saturated heterocycles. The Kier molecular flexibility index (Phi) is 3.61. The van der Waals surface area contributed by atoms with E-state index in [4.69, 9.17) is 0 Å². The molecule has 138 valence electrons. The lowest BCUT2D eigenvalue weighted by molar-refractivity contribution is -0.130. The molecule has 4 bridgehead atoms. The van der Waals surface area contributed by atoms with E-state index in [1.165, 1.54) is 25.7 Å². The molecule has 0 aromatic carbocycles. The molecule has 1 aromatic rings. The van der Waals surface area contributed by atoms with Crippen LogP contribution in [0.5, 0.6) is 0 Å². The molecular weight excluding hydrogens is 328 g/mol. The minimum atomic E-state index is -0.225. The lowest BCUT2D eigenvalue weighted by Crippen LogP contribution is -2.52. The van der Waals surface area contributed by atoms with Gasteiger partial charge in [-0.3, -0.25) is 9.48 Å². The van der Waals surface area contributed by atoms with Crippen molar-refractivity contribution in [2.45, 2.75) is 63.1 Å². The van der Waals surface area contributed by atoms with Gasteiger partial charge < -0.3 is 10.2 Å². The number of rotatable bonds is 5. The predicted octanol–water partition coefficient (Wildman–Crippen LogP) is 1.33. The summed E-state index contributed by atoms with van der Waals surface area (Å²) in [7, 11) is 0. The average molecular weight is 354 g/mol. The highest BCUT2D eigenvalue weighted by Crippen LogP contribution is 2.66. The smallest absolute Gasteiger partial charge is 0.237 e. The standard InChI is InChI=1S/C19H26N6O/c20-8-16-2-1-3-25(16)17(26)9-22-19-6-14-4-15(19)7-18(5-14,10-19)11-24-13-21-12-23-24/h12-16,22H,1-7,9-11H2/t14?,15?,16-,18?,19?/m0/s1. The van der Waals surface area contributed by atoms with Crippen LogP contribution in [0.4, 0.5) is 0 Å². The zero-order valence-electron chi connectivity index (χ0n) is 15.1. The van der Waals surface area contributed by atoms with Crippen LogP contribution in [0.2, 0.25) is 0 Å². The van der Waals surface area contributed by atoms with Crippen LogP contribution in [0.15, 0.2) is 12.7 Å². The van der Waals surface area contributed by atoms with E-state index in [1.54, 1.807) is 11.2 Å². The maximum absolute atomic E-state index is 12.7. The van der Waals surface area contributed by atoms with Crippen molar-refractivity contribution in [1.29, 1.82) is 5.26 Å². The Balaban J connectivity index is 1.28. The molecule has 7 heteroatoms. The third-order valence-corrected chi connectivity index (χ3v) is 7.42. The Hall–Kier alpha value is -1.94. The highest BCUT2D eigenvalue weighted by molar-refractivity contribution is 5.79. The summed E-state index contributed by atoms with van der Waals surface area (Å²) in [4.78, 5) is 18.5. The number of carbonyl (C=O) groups excluding carboxylic acids is 1. The van der Waals surface area contributed by atoms with Gasteiger partial charge in [0.25, 0.3) is 0 Å². The molecule has 4 aliphatic carbocycles.